The molecule has 60 heavy (non-hydrogen) atoms. The Labute approximate surface area is 365 Å². The molecule has 0 saturated carbocycles. The van der Waals surface area contributed by atoms with Crippen LogP contribution < -0.4 is 4.90 Å². The second-order valence-corrected chi connectivity index (χ2v) is 23.8. The van der Waals surface area contributed by atoms with Gasteiger partial charge in [-0.3, -0.25) is 0 Å². The van der Waals surface area contributed by atoms with Crippen molar-refractivity contribution in [1.29, 1.82) is 0 Å². The minimum absolute atomic E-state index is 0.00168. The van der Waals surface area contributed by atoms with Crippen molar-refractivity contribution in [2.75, 3.05) is 4.90 Å². The van der Waals surface area contributed by atoms with Crippen LogP contribution in [-0.2, 0) is 27.1 Å². The maximum absolute atomic E-state index is 2.73. The lowest BCUT2D eigenvalue weighted by atomic mass is 9.64. The standard InChI is InChI=1S/C59H73N/c1-53(2,3)43-25-27-47(28-26-43)60(48-29-30-50-49-23-18-19-24-51(49)58(16,17)52(50)36-48)59(57(13,14)15)37-41(39-21-20-22-44(32-39)54(4,5)6)31-42(38-59)40-33-45(55(7,8)9)35-46(34-40)56(10,11)12/h18-37H,38H2,1-17H3. The van der Waals surface area contributed by atoms with E-state index in [1.165, 1.54) is 78.2 Å². The predicted octanol–water partition coefficient (Wildman–Crippen LogP) is 16.7. The van der Waals surface area contributed by atoms with Gasteiger partial charge < -0.3 is 4.90 Å². The summed E-state index contributed by atoms with van der Waals surface area (Å²) in [7, 11) is 0. The minimum atomic E-state index is -0.475. The average molecular weight is 796 g/mol. The van der Waals surface area contributed by atoms with E-state index in [9.17, 15) is 0 Å². The Hall–Kier alpha value is -4.62. The van der Waals surface area contributed by atoms with Crippen molar-refractivity contribution in [3.8, 4) is 11.1 Å². The number of hydrogen-bond donors (Lipinski definition) is 0. The normalized spacial score (nSPS) is 18.1. The Morgan fingerprint density at radius 1 is 0.450 bits per heavy atom. The first-order valence-electron chi connectivity index (χ1n) is 22.5. The highest BCUT2D eigenvalue weighted by Gasteiger charge is 2.49. The van der Waals surface area contributed by atoms with Gasteiger partial charge in [-0.1, -0.05) is 209 Å². The number of allylic oxidation sites excluding steroid dienone is 2. The molecule has 0 aromatic heterocycles. The van der Waals surface area contributed by atoms with Crippen LogP contribution in [0, 0.1) is 5.41 Å². The molecule has 2 aliphatic carbocycles. The first-order chi connectivity index (χ1) is 27.6. The van der Waals surface area contributed by atoms with Crippen LogP contribution in [-0.4, -0.2) is 5.54 Å². The summed E-state index contributed by atoms with van der Waals surface area (Å²) in [5.74, 6) is 0. The van der Waals surface area contributed by atoms with Gasteiger partial charge in [-0.15, -0.1) is 0 Å². The van der Waals surface area contributed by atoms with E-state index in [1.807, 2.05) is 0 Å². The Balaban J connectivity index is 1.56. The molecule has 0 amide bonds. The van der Waals surface area contributed by atoms with Gasteiger partial charge in [-0.25, -0.2) is 0 Å². The molecule has 1 unspecified atom stereocenters. The summed E-state index contributed by atoms with van der Waals surface area (Å²) < 4.78 is 0. The van der Waals surface area contributed by atoms with Gasteiger partial charge >= 0.3 is 0 Å². The third-order valence-corrected chi connectivity index (χ3v) is 13.8. The number of fused-ring (bicyclic) bond motifs is 3. The van der Waals surface area contributed by atoms with Crippen molar-refractivity contribution < 1.29 is 0 Å². The number of nitrogens with zero attached hydrogens (tertiary/aromatic N) is 1. The summed E-state index contributed by atoms with van der Waals surface area (Å²) in [6.45, 7) is 40.2. The van der Waals surface area contributed by atoms with Crippen molar-refractivity contribution in [3.63, 3.8) is 0 Å². The van der Waals surface area contributed by atoms with E-state index in [2.05, 4.69) is 244 Å². The fourth-order valence-electron chi connectivity index (χ4n) is 9.59. The lowest BCUT2D eigenvalue weighted by molar-refractivity contribution is 0.243. The largest absolute Gasteiger partial charge is 0.331 e. The van der Waals surface area contributed by atoms with E-state index < -0.39 is 5.54 Å². The molecule has 0 fully saturated rings. The molecule has 7 rings (SSSR count). The maximum Gasteiger partial charge on any atom is 0.0730 e. The van der Waals surface area contributed by atoms with Crippen molar-refractivity contribution in [1.82, 2.24) is 0 Å². The first-order valence-corrected chi connectivity index (χ1v) is 22.5. The molecular formula is C59H73N. The highest BCUT2D eigenvalue weighted by atomic mass is 15.2. The molecule has 0 radical (unpaired) electrons. The molecule has 0 saturated heterocycles. The molecule has 1 heteroatoms. The third kappa shape index (κ3) is 7.87. The van der Waals surface area contributed by atoms with Crippen LogP contribution in [0.2, 0.25) is 0 Å². The monoisotopic (exact) mass is 796 g/mol. The van der Waals surface area contributed by atoms with Crippen LogP contribution in [0.25, 0.3) is 22.3 Å². The van der Waals surface area contributed by atoms with E-state index >= 15 is 0 Å². The van der Waals surface area contributed by atoms with Crippen molar-refractivity contribution in [3.05, 3.63) is 166 Å². The van der Waals surface area contributed by atoms with Gasteiger partial charge in [0.15, 0.2) is 0 Å². The summed E-state index contributed by atoms with van der Waals surface area (Å²) in [5, 5.41) is 0. The second-order valence-electron chi connectivity index (χ2n) is 23.8. The number of anilines is 2. The van der Waals surface area contributed by atoms with E-state index in [4.69, 9.17) is 0 Å². The molecule has 5 aromatic rings. The molecule has 0 bridgehead atoms. The van der Waals surface area contributed by atoms with Crippen molar-refractivity contribution in [2.24, 2.45) is 5.41 Å². The Morgan fingerprint density at radius 3 is 1.55 bits per heavy atom. The molecule has 314 valence electrons. The van der Waals surface area contributed by atoms with Crippen LogP contribution in [0.3, 0.4) is 0 Å². The molecule has 0 aliphatic heterocycles. The molecule has 1 nitrogen and oxygen atoms in total. The molecule has 1 atom stereocenters. The van der Waals surface area contributed by atoms with Gasteiger partial charge in [0.05, 0.1) is 5.54 Å². The summed E-state index contributed by atoms with van der Waals surface area (Å²) in [4.78, 5) is 2.73. The maximum atomic E-state index is 2.73. The van der Waals surface area contributed by atoms with Crippen LogP contribution in [0.5, 0.6) is 0 Å². The van der Waals surface area contributed by atoms with Gasteiger partial charge in [-0.2, -0.15) is 0 Å². The van der Waals surface area contributed by atoms with Crippen molar-refractivity contribution in [2.45, 2.75) is 157 Å². The highest BCUT2D eigenvalue weighted by molar-refractivity contribution is 5.91. The van der Waals surface area contributed by atoms with E-state index in [-0.39, 0.29) is 32.5 Å². The van der Waals surface area contributed by atoms with Gasteiger partial charge in [0.1, 0.15) is 0 Å². The minimum Gasteiger partial charge on any atom is -0.331 e. The highest BCUT2D eigenvalue weighted by Crippen LogP contribution is 2.56. The predicted molar refractivity (Wildman–Crippen MR) is 263 cm³/mol. The quantitative estimate of drug-likeness (QED) is 0.171. The Morgan fingerprint density at radius 2 is 0.983 bits per heavy atom. The fraction of sp³-hybridized carbons (Fsp3) is 0.424. The van der Waals surface area contributed by atoms with Gasteiger partial charge in [0.25, 0.3) is 0 Å². The lowest BCUT2D eigenvalue weighted by Crippen LogP contribution is -2.55. The van der Waals surface area contributed by atoms with Gasteiger partial charge in [0.2, 0.25) is 0 Å². The summed E-state index contributed by atoms with van der Waals surface area (Å²) >= 11 is 0. The SMILES string of the molecule is CC(C)(C)c1ccc(N(c2ccc3c(c2)C(C)(C)c2ccccc2-3)C2(C(C)(C)C)C=C(c3cccc(C(C)(C)C)c3)C=C(c3cc(C(C)(C)C)cc(C(C)(C)C)c3)C2)cc1. The van der Waals surface area contributed by atoms with Gasteiger partial charge in [-0.05, 0) is 124 Å². The number of rotatable bonds is 5. The van der Waals surface area contributed by atoms with Crippen LogP contribution in [0.4, 0.5) is 11.4 Å². The zero-order valence-electron chi connectivity index (χ0n) is 40.2. The van der Waals surface area contributed by atoms with Crippen molar-refractivity contribution >= 4 is 22.5 Å². The average Bonchev–Trinajstić information content (AvgIpc) is 3.38. The third-order valence-electron chi connectivity index (χ3n) is 13.8. The van der Waals surface area contributed by atoms with Crippen LogP contribution in [0.15, 0.2) is 121 Å². The van der Waals surface area contributed by atoms with E-state index in [0.717, 1.165) is 6.42 Å². The molecular weight excluding hydrogens is 723 g/mol. The summed E-state index contributed by atoms with van der Waals surface area (Å²) in [6.07, 6.45) is 6.03. The number of hydrogen-bond acceptors (Lipinski definition) is 1. The smallest absolute Gasteiger partial charge is 0.0730 e. The molecule has 0 spiro atoms. The first kappa shape index (κ1) is 43.5. The Kier molecular flexibility index (Phi) is 10.5. The molecule has 5 aromatic carbocycles. The topological polar surface area (TPSA) is 3.24 Å². The van der Waals surface area contributed by atoms with Gasteiger partial charge in [0, 0.05) is 23.2 Å². The molecule has 0 N–H and O–H groups in total. The fourth-order valence-corrected chi connectivity index (χ4v) is 9.59. The number of benzene rings is 5. The van der Waals surface area contributed by atoms with Crippen LogP contribution >= 0.6 is 0 Å². The van der Waals surface area contributed by atoms with E-state index in [0.29, 0.717) is 0 Å². The lowest BCUT2D eigenvalue weighted by Gasteiger charge is -2.54. The molecule has 2 aliphatic rings. The zero-order valence-corrected chi connectivity index (χ0v) is 40.2. The van der Waals surface area contributed by atoms with E-state index in [1.54, 1.807) is 0 Å². The summed E-state index contributed by atoms with van der Waals surface area (Å²) in [5.41, 5.74) is 17.9. The Bertz CT molecular complexity index is 2450. The summed E-state index contributed by atoms with van der Waals surface area (Å²) in [6, 6.07) is 42.7. The zero-order chi connectivity index (χ0) is 44.0. The van der Waals surface area contributed by atoms with Crippen LogP contribution in [0.1, 0.15) is 169 Å². The molecule has 0 heterocycles. The second kappa shape index (κ2) is 14.5.